The average molecular weight is 266 g/mol. The molecule has 3 rings (SSSR count). The van der Waals surface area contributed by atoms with Crippen molar-refractivity contribution in [2.45, 2.75) is 38.4 Å². The molecule has 104 valence electrons. The molecule has 2 fully saturated rings. The molecule has 0 bridgehead atoms. The van der Waals surface area contributed by atoms with E-state index in [0.29, 0.717) is 24.2 Å². The van der Waals surface area contributed by atoms with Crippen molar-refractivity contribution >= 4 is 0 Å². The highest BCUT2D eigenvalue weighted by atomic mass is 19.1. The zero-order valence-corrected chi connectivity index (χ0v) is 11.3. The van der Waals surface area contributed by atoms with Crippen molar-refractivity contribution in [1.29, 1.82) is 0 Å². The maximum Gasteiger partial charge on any atom is 0.130 e. The number of halogens is 2. The smallest absolute Gasteiger partial charge is 0.130 e. The normalized spacial score (nSPS) is 28.6. The Morgan fingerprint density at radius 2 is 2.11 bits per heavy atom. The van der Waals surface area contributed by atoms with Gasteiger partial charge in [-0.15, -0.1) is 0 Å². The van der Waals surface area contributed by atoms with E-state index in [1.165, 1.54) is 25.5 Å². The van der Waals surface area contributed by atoms with Gasteiger partial charge in [-0.3, -0.25) is 9.80 Å². The van der Waals surface area contributed by atoms with Crippen LogP contribution in [0.1, 0.15) is 25.3 Å². The quantitative estimate of drug-likeness (QED) is 0.812. The highest BCUT2D eigenvalue weighted by molar-refractivity contribution is 5.18. The highest BCUT2D eigenvalue weighted by Gasteiger charge is 2.34. The van der Waals surface area contributed by atoms with Crippen molar-refractivity contribution in [2.75, 3.05) is 19.6 Å². The van der Waals surface area contributed by atoms with Crippen LogP contribution in [0, 0.1) is 11.6 Å². The van der Waals surface area contributed by atoms with E-state index in [-0.39, 0.29) is 0 Å². The summed E-state index contributed by atoms with van der Waals surface area (Å²) in [6.45, 7) is 6.03. The monoisotopic (exact) mass is 266 g/mol. The zero-order chi connectivity index (χ0) is 13.4. The van der Waals surface area contributed by atoms with E-state index in [2.05, 4.69) is 16.7 Å². The minimum Gasteiger partial charge on any atom is -0.298 e. The first-order valence-corrected chi connectivity index (χ1v) is 7.05. The lowest BCUT2D eigenvalue weighted by molar-refractivity contribution is 0.0533. The van der Waals surface area contributed by atoms with Crippen LogP contribution in [-0.4, -0.2) is 41.5 Å². The Morgan fingerprint density at radius 1 is 1.26 bits per heavy atom. The number of hydrogen-bond donors (Lipinski definition) is 0. The number of nitrogens with zero attached hydrogens (tertiary/aromatic N) is 2. The fraction of sp³-hybridized carbons (Fsp3) is 0.600. The Labute approximate surface area is 113 Å². The van der Waals surface area contributed by atoms with Gasteiger partial charge in [-0.05, 0) is 32.4 Å². The molecule has 4 heteroatoms. The molecule has 2 heterocycles. The van der Waals surface area contributed by atoms with Crippen LogP contribution in [0.2, 0.25) is 0 Å². The molecule has 1 unspecified atom stereocenters. The molecule has 0 N–H and O–H groups in total. The Hall–Kier alpha value is -1.00. The number of benzene rings is 1. The third kappa shape index (κ3) is 2.65. The molecule has 2 aliphatic heterocycles. The highest BCUT2D eigenvalue weighted by Crippen LogP contribution is 2.26. The SMILES string of the molecule is C[C@H]1CN2CCCC2CN1Cc1ccc(F)cc1F. The van der Waals surface area contributed by atoms with Crippen molar-refractivity contribution in [3.63, 3.8) is 0 Å². The summed E-state index contributed by atoms with van der Waals surface area (Å²) in [6.07, 6.45) is 2.52. The van der Waals surface area contributed by atoms with Crippen LogP contribution < -0.4 is 0 Å². The third-order valence-electron chi connectivity index (χ3n) is 4.45. The Balaban J connectivity index is 1.71. The van der Waals surface area contributed by atoms with Gasteiger partial charge < -0.3 is 0 Å². The van der Waals surface area contributed by atoms with E-state index in [1.54, 1.807) is 6.07 Å². The fourth-order valence-corrected chi connectivity index (χ4v) is 3.34. The van der Waals surface area contributed by atoms with Crippen LogP contribution in [0.3, 0.4) is 0 Å². The number of piperazine rings is 1. The second kappa shape index (κ2) is 5.17. The second-order valence-electron chi connectivity index (χ2n) is 5.81. The van der Waals surface area contributed by atoms with Crippen LogP contribution >= 0.6 is 0 Å². The second-order valence-corrected chi connectivity index (χ2v) is 5.81. The van der Waals surface area contributed by atoms with E-state index in [9.17, 15) is 8.78 Å². The molecule has 0 radical (unpaired) electrons. The summed E-state index contributed by atoms with van der Waals surface area (Å²) in [6, 6.07) is 4.94. The van der Waals surface area contributed by atoms with E-state index in [0.717, 1.165) is 19.2 Å². The first-order valence-electron chi connectivity index (χ1n) is 7.05. The summed E-state index contributed by atoms with van der Waals surface area (Å²) < 4.78 is 26.6. The lowest BCUT2D eigenvalue weighted by atomic mass is 10.1. The summed E-state index contributed by atoms with van der Waals surface area (Å²) in [7, 11) is 0. The van der Waals surface area contributed by atoms with Gasteiger partial charge in [0.05, 0.1) is 0 Å². The lowest BCUT2D eigenvalue weighted by Crippen LogP contribution is -2.54. The Morgan fingerprint density at radius 3 is 2.89 bits per heavy atom. The standard InChI is InChI=1S/C15H20F2N2/c1-11-8-18-6-2-3-14(18)10-19(11)9-12-4-5-13(16)7-15(12)17/h4-5,7,11,14H,2-3,6,8-10H2,1H3/t11-,14?/m0/s1. The van der Waals surface area contributed by atoms with Crippen molar-refractivity contribution in [3.8, 4) is 0 Å². The van der Waals surface area contributed by atoms with Crippen LogP contribution in [0.5, 0.6) is 0 Å². The van der Waals surface area contributed by atoms with Crippen LogP contribution in [-0.2, 0) is 6.54 Å². The van der Waals surface area contributed by atoms with Gasteiger partial charge >= 0.3 is 0 Å². The molecular weight excluding hydrogens is 246 g/mol. The molecule has 1 aromatic carbocycles. The molecule has 19 heavy (non-hydrogen) atoms. The van der Waals surface area contributed by atoms with Gasteiger partial charge in [0.1, 0.15) is 11.6 Å². The zero-order valence-electron chi connectivity index (χ0n) is 11.3. The third-order valence-corrected chi connectivity index (χ3v) is 4.45. The molecule has 0 spiro atoms. The van der Waals surface area contributed by atoms with Gasteiger partial charge in [-0.25, -0.2) is 8.78 Å². The predicted molar refractivity (Wildman–Crippen MR) is 70.8 cm³/mol. The van der Waals surface area contributed by atoms with Gasteiger partial charge in [0.15, 0.2) is 0 Å². The van der Waals surface area contributed by atoms with Gasteiger partial charge in [-0.1, -0.05) is 6.07 Å². The van der Waals surface area contributed by atoms with Crippen molar-refractivity contribution in [1.82, 2.24) is 9.80 Å². The summed E-state index contributed by atoms with van der Waals surface area (Å²) >= 11 is 0. The average Bonchev–Trinajstić information content (AvgIpc) is 2.80. The molecule has 0 aromatic heterocycles. The van der Waals surface area contributed by atoms with Gasteiger partial charge in [0.25, 0.3) is 0 Å². The molecule has 2 aliphatic rings. The summed E-state index contributed by atoms with van der Waals surface area (Å²) in [5, 5.41) is 0. The van der Waals surface area contributed by atoms with Gasteiger partial charge in [-0.2, -0.15) is 0 Å². The summed E-state index contributed by atoms with van der Waals surface area (Å²) in [5.41, 5.74) is 0.597. The first kappa shape index (κ1) is 13.0. The molecule has 2 nitrogen and oxygen atoms in total. The fourth-order valence-electron chi connectivity index (χ4n) is 3.34. The molecule has 0 aliphatic carbocycles. The molecule has 0 amide bonds. The maximum atomic E-state index is 13.7. The van der Waals surface area contributed by atoms with Gasteiger partial charge in [0, 0.05) is 43.3 Å². The molecule has 2 atom stereocenters. The van der Waals surface area contributed by atoms with Gasteiger partial charge in [0.2, 0.25) is 0 Å². The van der Waals surface area contributed by atoms with E-state index >= 15 is 0 Å². The molecule has 1 aromatic rings. The summed E-state index contributed by atoms with van der Waals surface area (Å²) in [4.78, 5) is 4.87. The topological polar surface area (TPSA) is 6.48 Å². The van der Waals surface area contributed by atoms with Crippen LogP contribution in [0.4, 0.5) is 8.78 Å². The first-order chi connectivity index (χ1) is 9.13. The van der Waals surface area contributed by atoms with Crippen LogP contribution in [0.25, 0.3) is 0 Å². The maximum absolute atomic E-state index is 13.7. The largest absolute Gasteiger partial charge is 0.298 e. The lowest BCUT2D eigenvalue weighted by Gasteiger charge is -2.42. The van der Waals surface area contributed by atoms with Crippen LogP contribution in [0.15, 0.2) is 18.2 Å². The molecular formula is C15H20F2N2. The predicted octanol–water partition coefficient (Wildman–Crippen LogP) is 2.63. The van der Waals surface area contributed by atoms with E-state index in [1.807, 2.05) is 0 Å². The minimum absolute atomic E-state index is 0.429. The van der Waals surface area contributed by atoms with Crippen molar-refractivity contribution in [2.24, 2.45) is 0 Å². The van der Waals surface area contributed by atoms with E-state index < -0.39 is 11.6 Å². The minimum atomic E-state index is -0.505. The van der Waals surface area contributed by atoms with E-state index in [4.69, 9.17) is 0 Å². The molecule has 2 saturated heterocycles. The van der Waals surface area contributed by atoms with Crippen molar-refractivity contribution in [3.05, 3.63) is 35.4 Å². The molecule has 0 saturated carbocycles. The summed E-state index contributed by atoms with van der Waals surface area (Å²) in [5.74, 6) is -0.934. The number of rotatable bonds is 2. The Bertz CT molecular complexity index is 463. The van der Waals surface area contributed by atoms with Crippen molar-refractivity contribution < 1.29 is 8.78 Å². The number of hydrogen-bond acceptors (Lipinski definition) is 2. The Kier molecular flexibility index (Phi) is 3.54. The number of fused-ring (bicyclic) bond motifs is 1.